The van der Waals surface area contributed by atoms with Crippen LogP contribution >= 0.6 is 0 Å². The molecule has 1 aromatic heterocycles. The van der Waals surface area contributed by atoms with Gasteiger partial charge >= 0.3 is 0 Å². The van der Waals surface area contributed by atoms with Gasteiger partial charge in [-0.3, -0.25) is 0 Å². The van der Waals surface area contributed by atoms with Crippen LogP contribution in [0.3, 0.4) is 0 Å². The number of alkyl halides is 2. The Morgan fingerprint density at radius 2 is 2.00 bits per heavy atom. The number of halogens is 2. The number of hydrogen-bond acceptors (Lipinski definition) is 4. The van der Waals surface area contributed by atoms with Crippen molar-refractivity contribution in [2.75, 3.05) is 6.54 Å². The first kappa shape index (κ1) is 10.9. The average molecular weight is 203 g/mol. The summed E-state index contributed by atoms with van der Waals surface area (Å²) in [5.41, 5.74) is 0.786. The van der Waals surface area contributed by atoms with Crippen LogP contribution in [-0.4, -0.2) is 34.1 Å². The first-order chi connectivity index (χ1) is 6.70. The summed E-state index contributed by atoms with van der Waals surface area (Å²) in [6.07, 6.45) is 0.204. The molecule has 1 heterocycles. The molecule has 0 spiro atoms. The molecule has 0 radical (unpaired) electrons. The van der Waals surface area contributed by atoms with Gasteiger partial charge < -0.3 is 10.4 Å². The van der Waals surface area contributed by atoms with Crippen molar-refractivity contribution in [2.45, 2.75) is 19.1 Å². The van der Waals surface area contributed by atoms with Gasteiger partial charge in [0.1, 0.15) is 12.4 Å². The van der Waals surface area contributed by atoms with E-state index < -0.39 is 12.5 Å². The van der Waals surface area contributed by atoms with Crippen LogP contribution in [0.25, 0.3) is 0 Å². The number of aliphatic hydroxyl groups is 1. The van der Waals surface area contributed by atoms with Crippen molar-refractivity contribution in [3.05, 3.63) is 24.3 Å². The third kappa shape index (κ3) is 3.71. The Kier molecular flexibility index (Phi) is 4.34. The van der Waals surface area contributed by atoms with Gasteiger partial charge in [0.15, 0.2) is 0 Å². The van der Waals surface area contributed by atoms with E-state index in [9.17, 15) is 8.78 Å². The molecule has 1 unspecified atom stereocenters. The molecule has 0 saturated carbocycles. The molecule has 0 aromatic carbocycles. The molecule has 0 bridgehead atoms. The largest absolute Gasteiger partial charge is 0.386 e. The SMILES string of the molecule is OC(CNCc1cncnc1)C(F)F. The zero-order valence-electron chi connectivity index (χ0n) is 7.40. The normalized spacial score (nSPS) is 13.1. The van der Waals surface area contributed by atoms with Crippen LogP contribution in [0, 0.1) is 0 Å². The molecule has 0 saturated heterocycles. The van der Waals surface area contributed by atoms with Crippen LogP contribution in [0.4, 0.5) is 8.78 Å². The first-order valence-electron chi connectivity index (χ1n) is 4.11. The summed E-state index contributed by atoms with van der Waals surface area (Å²) in [5, 5.41) is 11.4. The summed E-state index contributed by atoms with van der Waals surface area (Å²) in [7, 11) is 0. The molecular weight excluding hydrogens is 192 g/mol. The summed E-state index contributed by atoms with van der Waals surface area (Å²) in [6.45, 7) is 0.219. The molecule has 0 aliphatic carbocycles. The Hall–Kier alpha value is -1.14. The lowest BCUT2D eigenvalue weighted by Gasteiger charge is -2.09. The standard InChI is InChI=1S/C8H11F2N3O/c9-8(10)7(14)4-11-1-6-2-12-5-13-3-6/h2-3,5,7-8,11,14H,1,4H2. The molecule has 0 amide bonds. The molecule has 1 atom stereocenters. The third-order valence-electron chi connectivity index (χ3n) is 1.59. The molecule has 14 heavy (non-hydrogen) atoms. The van der Waals surface area contributed by atoms with E-state index in [1.807, 2.05) is 0 Å². The third-order valence-corrected chi connectivity index (χ3v) is 1.59. The number of nitrogens with one attached hydrogen (secondary N) is 1. The highest BCUT2D eigenvalue weighted by atomic mass is 19.3. The molecule has 6 heteroatoms. The van der Waals surface area contributed by atoms with Crippen LogP contribution in [0.5, 0.6) is 0 Å². The summed E-state index contributed by atoms with van der Waals surface area (Å²) in [5.74, 6) is 0. The van der Waals surface area contributed by atoms with Crippen molar-refractivity contribution in [2.24, 2.45) is 0 Å². The maximum atomic E-state index is 11.8. The maximum Gasteiger partial charge on any atom is 0.265 e. The minimum absolute atomic E-state index is 0.146. The van der Waals surface area contributed by atoms with Gasteiger partial charge in [-0.15, -0.1) is 0 Å². The van der Waals surface area contributed by atoms with Gasteiger partial charge in [0, 0.05) is 31.0 Å². The van der Waals surface area contributed by atoms with Crippen molar-refractivity contribution < 1.29 is 13.9 Å². The number of nitrogens with zero attached hydrogens (tertiary/aromatic N) is 2. The zero-order valence-corrected chi connectivity index (χ0v) is 7.40. The van der Waals surface area contributed by atoms with Crippen molar-refractivity contribution >= 4 is 0 Å². The fourth-order valence-electron chi connectivity index (χ4n) is 0.875. The minimum Gasteiger partial charge on any atom is -0.386 e. The second-order valence-electron chi connectivity index (χ2n) is 2.78. The number of rotatable bonds is 5. The quantitative estimate of drug-likeness (QED) is 0.717. The van der Waals surface area contributed by atoms with Crippen molar-refractivity contribution in [1.29, 1.82) is 0 Å². The van der Waals surface area contributed by atoms with E-state index >= 15 is 0 Å². The molecule has 1 aromatic rings. The predicted molar refractivity (Wildman–Crippen MR) is 45.7 cm³/mol. The number of aromatic nitrogens is 2. The van der Waals surface area contributed by atoms with Crippen molar-refractivity contribution in [3.8, 4) is 0 Å². The Morgan fingerprint density at radius 3 is 2.57 bits per heavy atom. The lowest BCUT2D eigenvalue weighted by atomic mass is 10.3. The van der Waals surface area contributed by atoms with Crippen molar-refractivity contribution in [1.82, 2.24) is 15.3 Å². The molecule has 78 valence electrons. The Balaban J connectivity index is 2.22. The van der Waals surface area contributed by atoms with E-state index in [0.717, 1.165) is 5.56 Å². The summed E-state index contributed by atoms with van der Waals surface area (Å²) in [6, 6.07) is 0. The van der Waals surface area contributed by atoms with Crippen LogP contribution in [0.1, 0.15) is 5.56 Å². The average Bonchev–Trinajstić information content (AvgIpc) is 2.19. The fourth-order valence-corrected chi connectivity index (χ4v) is 0.875. The van der Waals surface area contributed by atoms with Crippen LogP contribution in [0.2, 0.25) is 0 Å². The lowest BCUT2D eigenvalue weighted by molar-refractivity contribution is -0.00341. The topological polar surface area (TPSA) is 58.0 Å². The highest BCUT2D eigenvalue weighted by Crippen LogP contribution is 1.99. The van der Waals surface area contributed by atoms with Crippen LogP contribution < -0.4 is 5.32 Å². The van der Waals surface area contributed by atoms with E-state index in [1.54, 1.807) is 12.4 Å². The van der Waals surface area contributed by atoms with E-state index in [1.165, 1.54) is 6.33 Å². The van der Waals surface area contributed by atoms with E-state index in [-0.39, 0.29) is 6.54 Å². The Labute approximate surface area is 80.0 Å². The number of aliphatic hydroxyl groups excluding tert-OH is 1. The Bertz CT molecular complexity index is 258. The van der Waals surface area contributed by atoms with E-state index in [4.69, 9.17) is 5.11 Å². The summed E-state index contributed by atoms with van der Waals surface area (Å²) >= 11 is 0. The van der Waals surface area contributed by atoms with Crippen LogP contribution in [0.15, 0.2) is 18.7 Å². The predicted octanol–water partition coefficient (Wildman–Crippen LogP) is 0.192. The van der Waals surface area contributed by atoms with Gasteiger partial charge in [0.2, 0.25) is 0 Å². The van der Waals surface area contributed by atoms with Gasteiger partial charge in [0.05, 0.1) is 0 Å². The minimum atomic E-state index is -2.71. The highest BCUT2D eigenvalue weighted by Gasteiger charge is 2.15. The summed E-state index contributed by atoms with van der Waals surface area (Å²) < 4.78 is 23.7. The van der Waals surface area contributed by atoms with E-state index in [0.29, 0.717) is 6.54 Å². The van der Waals surface area contributed by atoms with Gasteiger partial charge in [-0.25, -0.2) is 18.7 Å². The molecule has 4 nitrogen and oxygen atoms in total. The van der Waals surface area contributed by atoms with Gasteiger partial charge in [-0.05, 0) is 0 Å². The fraction of sp³-hybridized carbons (Fsp3) is 0.500. The van der Waals surface area contributed by atoms with Crippen LogP contribution in [-0.2, 0) is 6.54 Å². The summed E-state index contributed by atoms with van der Waals surface area (Å²) in [4.78, 5) is 7.51. The molecule has 0 aliphatic rings. The second-order valence-corrected chi connectivity index (χ2v) is 2.78. The lowest BCUT2D eigenvalue weighted by Crippen LogP contribution is -2.31. The van der Waals surface area contributed by atoms with E-state index in [2.05, 4.69) is 15.3 Å². The first-order valence-corrected chi connectivity index (χ1v) is 4.11. The van der Waals surface area contributed by atoms with Crippen molar-refractivity contribution in [3.63, 3.8) is 0 Å². The maximum absolute atomic E-state index is 11.8. The smallest absolute Gasteiger partial charge is 0.265 e. The number of hydrogen-bond donors (Lipinski definition) is 2. The van der Waals surface area contributed by atoms with Gasteiger partial charge in [0.25, 0.3) is 6.43 Å². The molecule has 1 rings (SSSR count). The highest BCUT2D eigenvalue weighted by molar-refractivity contribution is 5.01. The van der Waals surface area contributed by atoms with Gasteiger partial charge in [-0.2, -0.15) is 0 Å². The molecular formula is C8H11F2N3O. The second kappa shape index (κ2) is 5.56. The monoisotopic (exact) mass is 203 g/mol. The zero-order chi connectivity index (χ0) is 10.4. The molecule has 0 aliphatic heterocycles. The molecule has 2 N–H and O–H groups in total. The molecule has 0 fully saturated rings. The van der Waals surface area contributed by atoms with Gasteiger partial charge in [-0.1, -0.05) is 0 Å². The Morgan fingerprint density at radius 1 is 1.36 bits per heavy atom.